The molecule has 1 aromatic carbocycles. The van der Waals surface area contributed by atoms with Crippen LogP contribution in [0.1, 0.15) is 29.4 Å². The summed E-state index contributed by atoms with van der Waals surface area (Å²) in [6.07, 6.45) is 0. The maximum absolute atomic E-state index is 11.2. The molecule has 0 amide bonds. The number of anilines is 1. The molecule has 0 aliphatic carbocycles. The molecule has 0 saturated heterocycles. The monoisotopic (exact) mass is 288 g/mol. The van der Waals surface area contributed by atoms with Gasteiger partial charge < -0.3 is 5.32 Å². The van der Waals surface area contributed by atoms with E-state index in [2.05, 4.69) is 10.4 Å². The maximum atomic E-state index is 11.2. The molecule has 2 rings (SSSR count). The molecule has 0 bridgehead atoms. The summed E-state index contributed by atoms with van der Waals surface area (Å²) in [6, 6.07) is 5.27. The molecule has 0 saturated carbocycles. The lowest BCUT2D eigenvalue weighted by Gasteiger charge is -2.08. The van der Waals surface area contributed by atoms with Gasteiger partial charge in [-0.1, -0.05) is 6.07 Å². The van der Waals surface area contributed by atoms with Crippen molar-refractivity contribution in [2.24, 2.45) is 0 Å². The Morgan fingerprint density at radius 2 is 2.05 bits per heavy atom. The Balaban J connectivity index is 2.34. The Morgan fingerprint density at radius 1 is 1.33 bits per heavy atom. The predicted octanol–water partition coefficient (Wildman–Crippen LogP) is 3.20. The number of nitro benzene ring substituents is 1. The highest BCUT2D eigenvalue weighted by molar-refractivity contribution is 5.62. The van der Waals surface area contributed by atoms with Crippen LogP contribution in [0.5, 0.6) is 0 Å². The fourth-order valence-electron chi connectivity index (χ4n) is 2.28. The van der Waals surface area contributed by atoms with Crippen LogP contribution in [0.25, 0.3) is 0 Å². The molecule has 0 fully saturated rings. The van der Waals surface area contributed by atoms with Gasteiger partial charge >= 0.3 is 0 Å². The van der Waals surface area contributed by atoms with E-state index in [1.54, 1.807) is 12.1 Å². The summed E-state index contributed by atoms with van der Waals surface area (Å²) in [6.45, 7) is 9.11. The molecular formula is C15H20N4O2. The summed E-state index contributed by atoms with van der Waals surface area (Å²) in [5.41, 5.74) is 4.77. The van der Waals surface area contributed by atoms with Crippen LogP contribution in [0.4, 0.5) is 11.4 Å². The Labute approximate surface area is 123 Å². The topological polar surface area (TPSA) is 73.0 Å². The number of nitrogens with zero attached hydrogens (tertiary/aromatic N) is 3. The molecule has 112 valence electrons. The van der Waals surface area contributed by atoms with Gasteiger partial charge in [-0.25, -0.2) is 0 Å². The van der Waals surface area contributed by atoms with Crippen molar-refractivity contribution in [1.29, 1.82) is 0 Å². The number of nitrogens with one attached hydrogen (secondary N) is 1. The van der Waals surface area contributed by atoms with Gasteiger partial charge in [0.2, 0.25) is 0 Å². The van der Waals surface area contributed by atoms with Crippen LogP contribution < -0.4 is 5.32 Å². The highest BCUT2D eigenvalue weighted by atomic mass is 16.6. The fraction of sp³-hybridized carbons (Fsp3) is 0.400. The number of hydrogen-bond acceptors (Lipinski definition) is 4. The summed E-state index contributed by atoms with van der Waals surface area (Å²) in [4.78, 5) is 10.8. The van der Waals surface area contributed by atoms with Crippen molar-refractivity contribution < 1.29 is 4.92 Å². The Morgan fingerprint density at radius 3 is 2.57 bits per heavy atom. The van der Waals surface area contributed by atoms with Crippen molar-refractivity contribution in [3.63, 3.8) is 0 Å². The molecule has 0 atom stereocenters. The summed E-state index contributed by atoms with van der Waals surface area (Å²) in [5, 5.41) is 18.6. The maximum Gasteiger partial charge on any atom is 0.292 e. The second kappa shape index (κ2) is 5.95. The number of rotatable bonds is 5. The molecule has 6 heteroatoms. The van der Waals surface area contributed by atoms with Gasteiger partial charge in [-0.2, -0.15) is 5.10 Å². The first-order chi connectivity index (χ1) is 9.93. The van der Waals surface area contributed by atoms with Gasteiger partial charge in [0.25, 0.3) is 5.69 Å². The second-order valence-electron chi connectivity index (χ2n) is 5.09. The molecule has 21 heavy (non-hydrogen) atoms. The summed E-state index contributed by atoms with van der Waals surface area (Å²) >= 11 is 0. The summed E-state index contributed by atoms with van der Waals surface area (Å²) in [5.74, 6) is 0. The minimum atomic E-state index is -0.353. The first-order valence-corrected chi connectivity index (χ1v) is 6.95. The van der Waals surface area contributed by atoms with Crippen LogP contribution in [-0.2, 0) is 6.54 Å². The average molecular weight is 288 g/mol. The summed E-state index contributed by atoms with van der Waals surface area (Å²) < 4.78 is 1.89. The van der Waals surface area contributed by atoms with Gasteiger partial charge in [0, 0.05) is 18.3 Å². The van der Waals surface area contributed by atoms with E-state index in [9.17, 15) is 10.1 Å². The first-order valence-electron chi connectivity index (χ1n) is 6.95. The van der Waals surface area contributed by atoms with Crippen LogP contribution in [0.2, 0.25) is 0 Å². The number of aryl methyl sites for hydroxylation is 1. The molecule has 0 radical (unpaired) electrons. The quantitative estimate of drug-likeness (QED) is 0.677. The normalized spacial score (nSPS) is 10.7. The summed E-state index contributed by atoms with van der Waals surface area (Å²) in [7, 11) is 0. The van der Waals surface area contributed by atoms with Crippen LogP contribution >= 0.6 is 0 Å². The molecule has 6 nitrogen and oxygen atoms in total. The van der Waals surface area contributed by atoms with E-state index in [1.807, 2.05) is 38.4 Å². The molecule has 1 heterocycles. The third-order valence-corrected chi connectivity index (χ3v) is 3.70. The molecule has 0 spiro atoms. The zero-order valence-corrected chi connectivity index (χ0v) is 12.8. The van der Waals surface area contributed by atoms with Gasteiger partial charge in [0.15, 0.2) is 0 Å². The van der Waals surface area contributed by atoms with Gasteiger partial charge in [0.05, 0.1) is 17.2 Å². The van der Waals surface area contributed by atoms with E-state index in [-0.39, 0.29) is 10.6 Å². The Hall–Kier alpha value is -2.37. The molecule has 1 aromatic heterocycles. The van der Waals surface area contributed by atoms with Gasteiger partial charge in [-0.3, -0.25) is 14.8 Å². The molecular weight excluding hydrogens is 268 g/mol. The molecule has 0 aliphatic heterocycles. The number of aromatic nitrogens is 2. The first kappa shape index (κ1) is 15.0. The number of nitro groups is 1. The van der Waals surface area contributed by atoms with Gasteiger partial charge in [-0.15, -0.1) is 0 Å². The van der Waals surface area contributed by atoms with E-state index >= 15 is 0 Å². The molecule has 1 N–H and O–H groups in total. The SMILES string of the molecule is CCNc1ccc(Cn2nc(C)c(C)c2C)cc1[N+](=O)[O-]. The smallest absolute Gasteiger partial charge is 0.292 e. The van der Waals surface area contributed by atoms with E-state index in [4.69, 9.17) is 0 Å². The predicted molar refractivity (Wildman–Crippen MR) is 82.8 cm³/mol. The minimum absolute atomic E-state index is 0.104. The fourth-order valence-corrected chi connectivity index (χ4v) is 2.28. The van der Waals surface area contributed by atoms with Crippen LogP contribution in [-0.4, -0.2) is 21.2 Å². The van der Waals surface area contributed by atoms with Crippen molar-refractivity contribution in [1.82, 2.24) is 9.78 Å². The molecule has 2 aromatic rings. The van der Waals surface area contributed by atoms with E-state index in [1.165, 1.54) is 0 Å². The lowest BCUT2D eigenvalue weighted by Crippen LogP contribution is -2.06. The van der Waals surface area contributed by atoms with Crippen molar-refractivity contribution in [3.8, 4) is 0 Å². The molecule has 0 unspecified atom stereocenters. The third kappa shape index (κ3) is 3.04. The van der Waals surface area contributed by atoms with E-state index < -0.39 is 0 Å². The van der Waals surface area contributed by atoms with Gasteiger partial charge in [-0.05, 0) is 44.9 Å². The minimum Gasteiger partial charge on any atom is -0.380 e. The highest BCUT2D eigenvalue weighted by Gasteiger charge is 2.15. The van der Waals surface area contributed by atoms with Crippen molar-refractivity contribution in [3.05, 3.63) is 50.8 Å². The largest absolute Gasteiger partial charge is 0.380 e. The second-order valence-corrected chi connectivity index (χ2v) is 5.09. The van der Waals surface area contributed by atoms with Crippen LogP contribution in [0, 0.1) is 30.9 Å². The number of hydrogen-bond donors (Lipinski definition) is 1. The Kier molecular flexibility index (Phi) is 4.26. The lowest BCUT2D eigenvalue weighted by atomic mass is 10.1. The van der Waals surface area contributed by atoms with E-state index in [0.29, 0.717) is 18.8 Å². The lowest BCUT2D eigenvalue weighted by molar-refractivity contribution is -0.384. The van der Waals surface area contributed by atoms with E-state index in [0.717, 1.165) is 22.5 Å². The number of benzene rings is 1. The third-order valence-electron chi connectivity index (χ3n) is 3.70. The zero-order valence-electron chi connectivity index (χ0n) is 12.8. The van der Waals surface area contributed by atoms with Crippen LogP contribution in [0.15, 0.2) is 18.2 Å². The van der Waals surface area contributed by atoms with Crippen LogP contribution in [0.3, 0.4) is 0 Å². The zero-order chi connectivity index (χ0) is 15.6. The highest BCUT2D eigenvalue weighted by Crippen LogP contribution is 2.26. The van der Waals surface area contributed by atoms with Crippen molar-refractivity contribution in [2.75, 3.05) is 11.9 Å². The molecule has 0 aliphatic rings. The van der Waals surface area contributed by atoms with Crippen molar-refractivity contribution >= 4 is 11.4 Å². The Bertz CT molecular complexity index is 677. The van der Waals surface area contributed by atoms with Gasteiger partial charge in [0.1, 0.15) is 5.69 Å². The standard InChI is InChI=1S/C15H20N4O2/c1-5-16-14-7-6-13(8-15(14)19(20)21)9-18-12(4)10(2)11(3)17-18/h6-8,16H,5,9H2,1-4H3. The average Bonchev–Trinajstić information content (AvgIpc) is 2.68. The van der Waals surface area contributed by atoms with Crippen molar-refractivity contribution in [2.45, 2.75) is 34.2 Å².